The summed E-state index contributed by atoms with van der Waals surface area (Å²) in [6.45, 7) is 0.993. The van der Waals surface area contributed by atoms with Crippen molar-refractivity contribution in [2.45, 2.75) is 19.3 Å². The van der Waals surface area contributed by atoms with E-state index in [0.29, 0.717) is 28.8 Å². The van der Waals surface area contributed by atoms with Crippen LogP contribution in [0.5, 0.6) is 0 Å². The zero-order valence-electron chi connectivity index (χ0n) is 14.1. The molecule has 1 fully saturated rings. The topological polar surface area (TPSA) is 40.6 Å². The van der Waals surface area contributed by atoms with Crippen LogP contribution in [0.25, 0.3) is 0 Å². The molecule has 1 unspecified atom stereocenters. The summed E-state index contributed by atoms with van der Waals surface area (Å²) in [7, 11) is 0. The van der Waals surface area contributed by atoms with Gasteiger partial charge in [-0.15, -0.1) is 0 Å². The van der Waals surface area contributed by atoms with Crippen LogP contribution in [0.3, 0.4) is 0 Å². The Morgan fingerprint density at radius 1 is 1.04 bits per heavy atom. The molecule has 1 saturated heterocycles. The van der Waals surface area contributed by atoms with Crippen LogP contribution in [-0.4, -0.2) is 24.9 Å². The molecule has 4 nitrogen and oxygen atoms in total. The van der Waals surface area contributed by atoms with Gasteiger partial charge in [0.2, 0.25) is 11.8 Å². The fraction of sp³-hybridized carbons (Fsp3) is 0.300. The molecule has 2 aliphatic rings. The standard InChI is InChI=1S/C20H18Cl2N2O2/c21-15-7-3-8-16(22)19(15)24-12-14(11-18(24)25)20(26)23-10-4-6-13-5-1-2-9-17(13)23/h1-3,5,7-9,14H,4,6,10-12H2. The van der Waals surface area contributed by atoms with Gasteiger partial charge in [-0.05, 0) is 36.6 Å². The third kappa shape index (κ3) is 2.97. The first-order valence-electron chi connectivity index (χ1n) is 8.70. The minimum atomic E-state index is -0.388. The number of nitrogens with zero attached hydrogens (tertiary/aromatic N) is 2. The Labute approximate surface area is 162 Å². The van der Waals surface area contributed by atoms with E-state index < -0.39 is 0 Å². The number of benzene rings is 2. The highest BCUT2D eigenvalue weighted by Crippen LogP contribution is 2.38. The van der Waals surface area contributed by atoms with Crippen molar-refractivity contribution in [1.82, 2.24) is 0 Å². The van der Waals surface area contributed by atoms with Crippen molar-refractivity contribution in [3.05, 3.63) is 58.1 Å². The molecule has 0 spiro atoms. The number of hydrogen-bond donors (Lipinski definition) is 0. The van der Waals surface area contributed by atoms with Gasteiger partial charge >= 0.3 is 0 Å². The van der Waals surface area contributed by atoms with E-state index in [-0.39, 0.29) is 24.2 Å². The van der Waals surface area contributed by atoms with Gasteiger partial charge in [0.15, 0.2) is 0 Å². The molecule has 2 aromatic rings. The van der Waals surface area contributed by atoms with Crippen molar-refractivity contribution in [1.29, 1.82) is 0 Å². The van der Waals surface area contributed by atoms with E-state index in [2.05, 4.69) is 6.07 Å². The van der Waals surface area contributed by atoms with Gasteiger partial charge in [0.1, 0.15) is 0 Å². The lowest BCUT2D eigenvalue weighted by molar-refractivity contribution is -0.124. The minimum Gasteiger partial charge on any atom is -0.312 e. The molecular formula is C20H18Cl2N2O2. The van der Waals surface area contributed by atoms with Crippen molar-refractivity contribution >= 4 is 46.4 Å². The Kier molecular flexibility index (Phi) is 4.63. The Morgan fingerprint density at radius 3 is 2.54 bits per heavy atom. The van der Waals surface area contributed by atoms with E-state index in [0.717, 1.165) is 18.5 Å². The summed E-state index contributed by atoms with van der Waals surface area (Å²) >= 11 is 12.5. The molecule has 26 heavy (non-hydrogen) atoms. The number of anilines is 2. The molecule has 2 amide bonds. The second kappa shape index (κ2) is 6.93. The van der Waals surface area contributed by atoms with E-state index in [1.165, 1.54) is 5.56 Å². The number of para-hydroxylation sites is 2. The maximum absolute atomic E-state index is 13.1. The fourth-order valence-electron chi connectivity index (χ4n) is 3.82. The van der Waals surface area contributed by atoms with Gasteiger partial charge in [0.25, 0.3) is 0 Å². The third-order valence-electron chi connectivity index (χ3n) is 5.06. The van der Waals surface area contributed by atoms with Crippen LogP contribution in [0.2, 0.25) is 10.0 Å². The van der Waals surface area contributed by atoms with Gasteiger partial charge in [0.05, 0.1) is 21.7 Å². The molecule has 0 saturated carbocycles. The van der Waals surface area contributed by atoms with Gasteiger partial charge < -0.3 is 9.80 Å². The van der Waals surface area contributed by atoms with Crippen LogP contribution in [0.1, 0.15) is 18.4 Å². The summed E-state index contributed by atoms with van der Waals surface area (Å²) in [6.07, 6.45) is 2.09. The molecule has 0 radical (unpaired) electrons. The highest BCUT2D eigenvalue weighted by Gasteiger charge is 2.39. The lowest BCUT2D eigenvalue weighted by atomic mass is 9.99. The molecule has 6 heteroatoms. The second-order valence-electron chi connectivity index (χ2n) is 6.70. The van der Waals surface area contributed by atoms with Crippen LogP contribution >= 0.6 is 23.2 Å². The first-order chi connectivity index (χ1) is 12.6. The zero-order valence-corrected chi connectivity index (χ0v) is 15.6. The summed E-state index contributed by atoms with van der Waals surface area (Å²) < 4.78 is 0. The zero-order chi connectivity index (χ0) is 18.3. The normalized spacial score (nSPS) is 19.6. The van der Waals surface area contributed by atoms with Gasteiger partial charge in [0, 0.05) is 25.2 Å². The van der Waals surface area contributed by atoms with Crippen molar-refractivity contribution in [2.24, 2.45) is 5.92 Å². The quantitative estimate of drug-likeness (QED) is 0.768. The highest BCUT2D eigenvalue weighted by molar-refractivity contribution is 6.40. The van der Waals surface area contributed by atoms with E-state index in [1.54, 1.807) is 23.1 Å². The molecule has 1 atom stereocenters. The van der Waals surface area contributed by atoms with Gasteiger partial charge in [-0.3, -0.25) is 9.59 Å². The Bertz CT molecular complexity index is 864. The molecule has 4 rings (SSSR count). The summed E-state index contributed by atoms with van der Waals surface area (Å²) in [5, 5.41) is 0.838. The van der Waals surface area contributed by atoms with Crippen LogP contribution in [0.4, 0.5) is 11.4 Å². The van der Waals surface area contributed by atoms with Gasteiger partial charge in [-0.2, -0.15) is 0 Å². The minimum absolute atomic E-state index is 0.00354. The monoisotopic (exact) mass is 388 g/mol. The average molecular weight is 389 g/mol. The number of carbonyl (C=O) groups excluding carboxylic acids is 2. The molecule has 2 heterocycles. The lowest BCUT2D eigenvalue weighted by Gasteiger charge is -2.31. The summed E-state index contributed by atoms with van der Waals surface area (Å²) in [4.78, 5) is 29.1. The fourth-order valence-corrected chi connectivity index (χ4v) is 4.42. The molecule has 2 aliphatic heterocycles. The Balaban J connectivity index is 1.59. The van der Waals surface area contributed by atoms with Crippen molar-refractivity contribution in [3.63, 3.8) is 0 Å². The van der Waals surface area contributed by atoms with Crippen molar-refractivity contribution in [3.8, 4) is 0 Å². The molecular weight excluding hydrogens is 371 g/mol. The maximum Gasteiger partial charge on any atom is 0.232 e. The highest BCUT2D eigenvalue weighted by atomic mass is 35.5. The Hall–Kier alpha value is -2.04. The van der Waals surface area contributed by atoms with Crippen molar-refractivity contribution in [2.75, 3.05) is 22.9 Å². The number of halogens is 2. The van der Waals surface area contributed by atoms with Crippen LogP contribution in [0, 0.1) is 5.92 Å². The van der Waals surface area contributed by atoms with E-state index >= 15 is 0 Å². The second-order valence-corrected chi connectivity index (χ2v) is 7.51. The maximum atomic E-state index is 13.1. The lowest BCUT2D eigenvalue weighted by Crippen LogP contribution is -2.40. The third-order valence-corrected chi connectivity index (χ3v) is 5.67. The van der Waals surface area contributed by atoms with Gasteiger partial charge in [-0.25, -0.2) is 0 Å². The SMILES string of the molecule is O=C(C1CC(=O)N(c2c(Cl)cccc2Cl)C1)N1CCCc2ccccc21. The van der Waals surface area contributed by atoms with Crippen molar-refractivity contribution < 1.29 is 9.59 Å². The predicted octanol–water partition coefficient (Wildman–Crippen LogP) is 4.33. The molecule has 0 bridgehead atoms. The van der Waals surface area contributed by atoms with E-state index in [4.69, 9.17) is 23.2 Å². The molecule has 2 aromatic carbocycles. The molecule has 0 aliphatic carbocycles. The first-order valence-corrected chi connectivity index (χ1v) is 9.45. The number of hydrogen-bond acceptors (Lipinski definition) is 2. The number of aryl methyl sites for hydroxylation is 1. The molecule has 0 N–H and O–H groups in total. The van der Waals surface area contributed by atoms with Crippen LogP contribution < -0.4 is 9.80 Å². The largest absolute Gasteiger partial charge is 0.312 e. The average Bonchev–Trinajstić information content (AvgIpc) is 3.02. The van der Waals surface area contributed by atoms with Crippen LogP contribution in [-0.2, 0) is 16.0 Å². The number of amides is 2. The number of fused-ring (bicyclic) bond motifs is 1. The smallest absolute Gasteiger partial charge is 0.232 e. The van der Waals surface area contributed by atoms with Crippen LogP contribution in [0.15, 0.2) is 42.5 Å². The van der Waals surface area contributed by atoms with E-state index in [1.807, 2.05) is 23.1 Å². The van der Waals surface area contributed by atoms with E-state index in [9.17, 15) is 9.59 Å². The molecule has 0 aromatic heterocycles. The predicted molar refractivity (Wildman–Crippen MR) is 104 cm³/mol. The number of carbonyl (C=O) groups is 2. The number of rotatable bonds is 2. The van der Waals surface area contributed by atoms with Gasteiger partial charge in [-0.1, -0.05) is 47.5 Å². The summed E-state index contributed by atoms with van der Waals surface area (Å²) in [5.74, 6) is -0.513. The summed E-state index contributed by atoms with van der Waals surface area (Å²) in [6, 6.07) is 13.1. The Morgan fingerprint density at radius 2 is 1.77 bits per heavy atom. The first kappa shape index (κ1) is 17.4. The summed E-state index contributed by atoms with van der Waals surface area (Å²) in [5.41, 5.74) is 2.64. The molecule has 134 valence electrons.